The standard InChI is InChI=1S/C25H44N2O3/c1-8-11-14-25(7)15-12-13-20(16-25)18-27(23(28)29)22(10-3)26-17-21(19(4)9-2)24(5,6)30/h10,17,20,30H,8-9,11-16,18H2,1-7H3,(H,28,29)/b21-19-,22-10+,26-17-/t20-,25+/m1/s1. The molecule has 1 rings (SSSR count). The Morgan fingerprint density at radius 3 is 2.50 bits per heavy atom. The molecular formula is C25H44N2O3. The smallest absolute Gasteiger partial charge is 0.413 e. The zero-order chi connectivity index (χ0) is 22.9. The van der Waals surface area contributed by atoms with Crippen LogP contribution >= 0.6 is 0 Å². The van der Waals surface area contributed by atoms with E-state index in [1.54, 1.807) is 26.1 Å². The van der Waals surface area contributed by atoms with E-state index in [0.717, 1.165) is 36.8 Å². The molecule has 5 nitrogen and oxygen atoms in total. The number of nitrogens with zero attached hydrogens (tertiary/aromatic N) is 2. The number of allylic oxidation sites excluding steroid dienone is 2. The molecule has 0 unspecified atom stereocenters. The van der Waals surface area contributed by atoms with E-state index in [2.05, 4.69) is 18.8 Å². The van der Waals surface area contributed by atoms with Crippen LogP contribution in [0.25, 0.3) is 0 Å². The highest BCUT2D eigenvalue weighted by molar-refractivity contribution is 5.83. The van der Waals surface area contributed by atoms with Crippen molar-refractivity contribution >= 4 is 12.3 Å². The highest BCUT2D eigenvalue weighted by Gasteiger charge is 2.33. The first-order valence-corrected chi connectivity index (χ1v) is 11.6. The molecular weight excluding hydrogens is 376 g/mol. The fraction of sp³-hybridized carbons (Fsp3) is 0.760. The minimum absolute atomic E-state index is 0.317. The van der Waals surface area contributed by atoms with Crippen LogP contribution in [0.2, 0.25) is 0 Å². The number of carboxylic acid groups (broad SMARTS) is 1. The molecule has 5 heteroatoms. The van der Waals surface area contributed by atoms with Gasteiger partial charge in [0.2, 0.25) is 0 Å². The minimum Gasteiger partial charge on any atom is -0.465 e. The van der Waals surface area contributed by atoms with E-state index in [4.69, 9.17) is 0 Å². The second kappa shape index (κ2) is 11.7. The largest absolute Gasteiger partial charge is 0.465 e. The monoisotopic (exact) mass is 420 g/mol. The van der Waals surface area contributed by atoms with Crippen LogP contribution in [0.4, 0.5) is 4.79 Å². The average Bonchev–Trinajstić information content (AvgIpc) is 2.67. The van der Waals surface area contributed by atoms with E-state index in [1.165, 1.54) is 30.6 Å². The molecule has 2 atom stereocenters. The van der Waals surface area contributed by atoms with Crippen LogP contribution in [0, 0.1) is 11.3 Å². The molecule has 0 saturated heterocycles. The molecule has 0 aliphatic heterocycles. The molecule has 0 radical (unpaired) electrons. The van der Waals surface area contributed by atoms with Gasteiger partial charge < -0.3 is 10.2 Å². The molecule has 1 aliphatic carbocycles. The maximum atomic E-state index is 12.1. The predicted octanol–water partition coefficient (Wildman–Crippen LogP) is 6.78. The van der Waals surface area contributed by atoms with E-state index >= 15 is 0 Å². The SMILES string of the molecule is C\C=C(/N=C\C(=C(/C)CC)C(C)(C)O)N(C[C@@H]1CCC[C@](C)(CCCC)C1)C(=O)O. The molecule has 0 aromatic carbocycles. The van der Waals surface area contributed by atoms with Crippen molar-refractivity contribution in [3.63, 3.8) is 0 Å². The van der Waals surface area contributed by atoms with Crippen molar-refractivity contribution in [2.24, 2.45) is 16.3 Å². The Labute approximate surface area is 184 Å². The maximum Gasteiger partial charge on any atom is 0.413 e. The van der Waals surface area contributed by atoms with Crippen molar-refractivity contribution in [3.05, 3.63) is 23.0 Å². The summed E-state index contributed by atoms with van der Waals surface area (Å²) in [6, 6.07) is 0. The number of carbonyl (C=O) groups is 1. The maximum absolute atomic E-state index is 12.1. The Balaban J connectivity index is 3.03. The molecule has 0 aromatic heterocycles. The van der Waals surface area contributed by atoms with Crippen molar-refractivity contribution in [2.45, 2.75) is 105 Å². The van der Waals surface area contributed by atoms with Gasteiger partial charge in [-0.15, -0.1) is 0 Å². The van der Waals surface area contributed by atoms with E-state index in [9.17, 15) is 15.0 Å². The van der Waals surface area contributed by atoms with Crippen LogP contribution in [0.15, 0.2) is 28.0 Å². The third kappa shape index (κ3) is 7.90. The second-order valence-corrected chi connectivity index (χ2v) is 9.78. The molecule has 30 heavy (non-hydrogen) atoms. The van der Waals surface area contributed by atoms with Crippen LogP contribution < -0.4 is 0 Å². The lowest BCUT2D eigenvalue weighted by molar-refractivity contribution is 0.109. The fourth-order valence-corrected chi connectivity index (χ4v) is 4.64. The highest BCUT2D eigenvalue weighted by atomic mass is 16.4. The summed E-state index contributed by atoms with van der Waals surface area (Å²) < 4.78 is 0. The van der Waals surface area contributed by atoms with Crippen LogP contribution in [-0.2, 0) is 0 Å². The van der Waals surface area contributed by atoms with Gasteiger partial charge in [-0.25, -0.2) is 9.79 Å². The third-order valence-corrected chi connectivity index (χ3v) is 6.49. The molecule has 0 aromatic rings. The first-order chi connectivity index (χ1) is 14.0. The van der Waals surface area contributed by atoms with Gasteiger partial charge in [0.05, 0.1) is 5.60 Å². The number of unbranched alkanes of at least 4 members (excludes halogenated alkanes) is 1. The number of aliphatic hydroxyl groups is 1. The third-order valence-electron chi connectivity index (χ3n) is 6.49. The Kier molecular flexibility index (Phi) is 10.3. The Morgan fingerprint density at radius 2 is 2.00 bits per heavy atom. The quantitative estimate of drug-likeness (QED) is 0.382. The van der Waals surface area contributed by atoms with Crippen molar-refractivity contribution in [1.82, 2.24) is 4.90 Å². The Bertz CT molecular complexity index is 658. The van der Waals surface area contributed by atoms with Gasteiger partial charge in [0, 0.05) is 18.3 Å². The van der Waals surface area contributed by atoms with Gasteiger partial charge in [-0.3, -0.25) is 4.90 Å². The van der Waals surface area contributed by atoms with Crippen molar-refractivity contribution < 1.29 is 15.0 Å². The van der Waals surface area contributed by atoms with Gasteiger partial charge in [-0.05, 0) is 77.2 Å². The number of amides is 1. The molecule has 1 amide bonds. The number of hydrogen-bond donors (Lipinski definition) is 2. The average molecular weight is 421 g/mol. The topological polar surface area (TPSA) is 73.1 Å². The zero-order valence-corrected chi connectivity index (χ0v) is 20.3. The molecule has 1 saturated carbocycles. The zero-order valence-electron chi connectivity index (χ0n) is 20.3. The van der Waals surface area contributed by atoms with Crippen LogP contribution in [-0.4, -0.2) is 39.6 Å². The van der Waals surface area contributed by atoms with Gasteiger partial charge in [0.1, 0.15) is 5.82 Å². The molecule has 0 heterocycles. The van der Waals surface area contributed by atoms with Gasteiger partial charge in [-0.1, -0.05) is 45.6 Å². The summed E-state index contributed by atoms with van der Waals surface area (Å²) in [6.45, 7) is 14.4. The summed E-state index contributed by atoms with van der Waals surface area (Å²) in [5.41, 5.74) is 1.07. The van der Waals surface area contributed by atoms with Gasteiger partial charge in [-0.2, -0.15) is 0 Å². The molecule has 2 N–H and O–H groups in total. The summed E-state index contributed by atoms with van der Waals surface area (Å²) in [6.07, 6.45) is 11.4. The second-order valence-electron chi connectivity index (χ2n) is 9.78. The summed E-state index contributed by atoms with van der Waals surface area (Å²) >= 11 is 0. The van der Waals surface area contributed by atoms with Crippen LogP contribution in [0.1, 0.15) is 99.8 Å². The summed E-state index contributed by atoms with van der Waals surface area (Å²) in [4.78, 5) is 18.0. The van der Waals surface area contributed by atoms with Gasteiger partial charge in [0.25, 0.3) is 0 Å². The minimum atomic E-state index is -1.03. The fourth-order valence-electron chi connectivity index (χ4n) is 4.64. The molecule has 172 valence electrons. The van der Waals surface area contributed by atoms with Gasteiger partial charge >= 0.3 is 6.09 Å². The summed E-state index contributed by atoms with van der Waals surface area (Å²) in [7, 11) is 0. The molecule has 0 spiro atoms. The first-order valence-electron chi connectivity index (χ1n) is 11.6. The van der Waals surface area contributed by atoms with Crippen molar-refractivity contribution in [3.8, 4) is 0 Å². The lowest BCUT2D eigenvalue weighted by atomic mass is 9.68. The van der Waals surface area contributed by atoms with E-state index < -0.39 is 11.7 Å². The van der Waals surface area contributed by atoms with E-state index in [-0.39, 0.29) is 0 Å². The number of aliphatic imine (C=N–C) groups is 1. The van der Waals surface area contributed by atoms with E-state index in [0.29, 0.717) is 23.7 Å². The summed E-state index contributed by atoms with van der Waals surface area (Å²) in [5.74, 6) is 0.775. The summed E-state index contributed by atoms with van der Waals surface area (Å²) in [5, 5.41) is 20.4. The normalized spacial score (nSPS) is 24.1. The highest BCUT2D eigenvalue weighted by Crippen LogP contribution is 2.43. The Hall–Kier alpha value is -1.62. The number of rotatable bonds is 10. The van der Waals surface area contributed by atoms with Crippen LogP contribution in [0.3, 0.4) is 0 Å². The van der Waals surface area contributed by atoms with Crippen molar-refractivity contribution in [1.29, 1.82) is 0 Å². The Morgan fingerprint density at radius 1 is 1.33 bits per heavy atom. The number of hydrogen-bond acceptors (Lipinski definition) is 3. The molecule has 0 bridgehead atoms. The van der Waals surface area contributed by atoms with Crippen molar-refractivity contribution in [2.75, 3.05) is 6.54 Å². The predicted molar refractivity (Wildman–Crippen MR) is 126 cm³/mol. The first kappa shape index (κ1) is 26.4. The van der Waals surface area contributed by atoms with Crippen LogP contribution in [0.5, 0.6) is 0 Å². The molecule has 1 fully saturated rings. The lowest BCUT2D eigenvalue weighted by Gasteiger charge is -2.39. The van der Waals surface area contributed by atoms with E-state index in [1.807, 2.05) is 20.8 Å². The van der Waals surface area contributed by atoms with Gasteiger partial charge in [0.15, 0.2) is 0 Å². The molecule has 1 aliphatic rings. The lowest BCUT2D eigenvalue weighted by Crippen LogP contribution is -2.37.